The van der Waals surface area contributed by atoms with E-state index in [9.17, 15) is 4.79 Å². The van der Waals surface area contributed by atoms with Crippen molar-refractivity contribution in [1.29, 1.82) is 0 Å². The Bertz CT molecular complexity index is 442. The van der Waals surface area contributed by atoms with Crippen molar-refractivity contribution in [2.75, 3.05) is 5.75 Å². The van der Waals surface area contributed by atoms with Crippen LogP contribution in [0.1, 0.15) is 13.3 Å². The van der Waals surface area contributed by atoms with Gasteiger partial charge in [0, 0.05) is 23.1 Å². The molecule has 15 heavy (non-hydrogen) atoms. The fraction of sp³-hybridized carbons (Fsp3) is 0.250. The summed E-state index contributed by atoms with van der Waals surface area (Å²) < 4.78 is 0. The Labute approximate surface area is 93.1 Å². The van der Waals surface area contributed by atoms with Crippen LogP contribution in [0.25, 0.3) is 10.9 Å². The highest BCUT2D eigenvalue weighted by molar-refractivity contribution is 7.99. The van der Waals surface area contributed by atoms with E-state index < -0.39 is 0 Å². The molecule has 0 aliphatic carbocycles. The van der Waals surface area contributed by atoms with Gasteiger partial charge in [0.2, 0.25) is 0 Å². The van der Waals surface area contributed by atoms with Crippen molar-refractivity contribution in [3.05, 3.63) is 30.3 Å². The number of para-hydroxylation sites is 1. The van der Waals surface area contributed by atoms with Crippen molar-refractivity contribution in [2.24, 2.45) is 0 Å². The Morgan fingerprint density at radius 1 is 1.40 bits per heavy atom. The monoisotopic (exact) mass is 219 g/mol. The van der Waals surface area contributed by atoms with E-state index in [1.807, 2.05) is 12.1 Å². The molecule has 0 aliphatic rings. The van der Waals surface area contributed by atoms with Crippen LogP contribution >= 0.6 is 11.8 Å². The highest BCUT2D eigenvalue weighted by Crippen LogP contribution is 2.23. The number of H-pyrrole nitrogens is 1. The Hall–Kier alpha value is -1.22. The van der Waals surface area contributed by atoms with Crippen molar-refractivity contribution in [3.63, 3.8) is 0 Å². The predicted octanol–water partition coefficient (Wildman–Crippen LogP) is 3.24. The molecule has 1 heterocycles. The van der Waals surface area contributed by atoms with Crippen LogP contribution in [0.2, 0.25) is 0 Å². The first-order valence-corrected chi connectivity index (χ1v) is 5.94. The van der Waals surface area contributed by atoms with Gasteiger partial charge in [-0.15, -0.1) is 11.8 Å². The lowest BCUT2D eigenvalue weighted by Gasteiger charge is -1.94. The standard InChI is InChI=1S/C12H13NOS/c1-9(14)6-7-15-12-8-10-4-2-3-5-11(10)13-12/h2-5,8,13H,6-7H2,1H3. The van der Waals surface area contributed by atoms with E-state index in [2.05, 4.69) is 23.2 Å². The molecule has 0 amide bonds. The van der Waals surface area contributed by atoms with Crippen LogP contribution in [0.3, 0.4) is 0 Å². The van der Waals surface area contributed by atoms with Gasteiger partial charge < -0.3 is 4.98 Å². The quantitative estimate of drug-likeness (QED) is 0.801. The molecule has 0 aliphatic heterocycles. The number of carbonyl (C=O) groups excluding carboxylic acids is 1. The molecule has 78 valence electrons. The van der Waals surface area contributed by atoms with E-state index in [4.69, 9.17) is 0 Å². The van der Waals surface area contributed by atoms with E-state index in [0.717, 1.165) is 16.3 Å². The van der Waals surface area contributed by atoms with Crippen molar-refractivity contribution in [1.82, 2.24) is 4.98 Å². The van der Waals surface area contributed by atoms with Gasteiger partial charge in [-0.25, -0.2) is 0 Å². The van der Waals surface area contributed by atoms with Crippen LogP contribution in [-0.4, -0.2) is 16.5 Å². The number of ketones is 1. The molecule has 2 aromatic rings. The Morgan fingerprint density at radius 2 is 2.20 bits per heavy atom. The van der Waals surface area contributed by atoms with Gasteiger partial charge in [0.15, 0.2) is 0 Å². The second-order valence-electron chi connectivity index (χ2n) is 3.52. The first-order chi connectivity index (χ1) is 7.25. The minimum atomic E-state index is 0.249. The molecule has 0 saturated carbocycles. The molecule has 0 fully saturated rings. The molecule has 1 aromatic heterocycles. The molecule has 0 atom stereocenters. The third kappa shape index (κ3) is 2.63. The third-order valence-electron chi connectivity index (χ3n) is 2.22. The molecule has 0 bridgehead atoms. The summed E-state index contributed by atoms with van der Waals surface area (Å²) in [6.07, 6.45) is 0.639. The van der Waals surface area contributed by atoms with E-state index in [0.29, 0.717) is 6.42 Å². The van der Waals surface area contributed by atoms with Crippen LogP contribution < -0.4 is 0 Å². The number of thioether (sulfide) groups is 1. The molecule has 0 spiro atoms. The first-order valence-electron chi connectivity index (χ1n) is 4.96. The van der Waals surface area contributed by atoms with E-state index >= 15 is 0 Å². The van der Waals surface area contributed by atoms with Gasteiger partial charge in [-0.05, 0) is 19.1 Å². The molecule has 3 heteroatoms. The number of nitrogens with one attached hydrogen (secondary N) is 1. The zero-order chi connectivity index (χ0) is 10.7. The minimum Gasteiger partial charge on any atom is -0.350 e. The molecule has 1 aromatic carbocycles. The van der Waals surface area contributed by atoms with Gasteiger partial charge in [0.25, 0.3) is 0 Å². The molecule has 2 nitrogen and oxygen atoms in total. The SMILES string of the molecule is CC(=O)CCSc1cc2ccccc2[nH]1. The van der Waals surface area contributed by atoms with E-state index in [-0.39, 0.29) is 5.78 Å². The number of aromatic amines is 1. The minimum absolute atomic E-state index is 0.249. The Kier molecular flexibility index (Phi) is 3.11. The lowest BCUT2D eigenvalue weighted by Crippen LogP contribution is -1.91. The van der Waals surface area contributed by atoms with Crippen LogP contribution in [0, 0.1) is 0 Å². The lowest BCUT2D eigenvalue weighted by molar-refractivity contribution is -0.116. The zero-order valence-electron chi connectivity index (χ0n) is 8.62. The fourth-order valence-electron chi connectivity index (χ4n) is 1.43. The van der Waals surface area contributed by atoms with Crippen LogP contribution in [0.5, 0.6) is 0 Å². The maximum Gasteiger partial charge on any atom is 0.130 e. The molecule has 0 radical (unpaired) electrons. The molecule has 1 N–H and O–H groups in total. The topological polar surface area (TPSA) is 32.9 Å². The number of benzene rings is 1. The van der Waals surface area contributed by atoms with Crippen molar-refractivity contribution in [3.8, 4) is 0 Å². The second-order valence-corrected chi connectivity index (χ2v) is 4.66. The van der Waals surface area contributed by atoms with Gasteiger partial charge in [-0.2, -0.15) is 0 Å². The van der Waals surface area contributed by atoms with E-state index in [1.54, 1.807) is 18.7 Å². The zero-order valence-corrected chi connectivity index (χ0v) is 9.43. The molecule has 0 saturated heterocycles. The van der Waals surface area contributed by atoms with Crippen molar-refractivity contribution < 1.29 is 4.79 Å². The number of aromatic nitrogens is 1. The van der Waals surface area contributed by atoms with E-state index in [1.165, 1.54) is 5.39 Å². The van der Waals surface area contributed by atoms with Crippen LogP contribution in [0.4, 0.5) is 0 Å². The average Bonchev–Trinajstić information content (AvgIpc) is 2.59. The number of hydrogen-bond donors (Lipinski definition) is 1. The van der Waals surface area contributed by atoms with Gasteiger partial charge >= 0.3 is 0 Å². The van der Waals surface area contributed by atoms with Gasteiger partial charge in [0.1, 0.15) is 5.78 Å². The summed E-state index contributed by atoms with van der Waals surface area (Å²) in [5.41, 5.74) is 1.16. The molecular formula is C12H13NOS. The summed E-state index contributed by atoms with van der Waals surface area (Å²) in [7, 11) is 0. The van der Waals surface area contributed by atoms with Crippen LogP contribution in [0.15, 0.2) is 35.4 Å². The average molecular weight is 219 g/mol. The van der Waals surface area contributed by atoms with Gasteiger partial charge in [-0.1, -0.05) is 18.2 Å². The highest BCUT2D eigenvalue weighted by atomic mass is 32.2. The summed E-state index contributed by atoms with van der Waals surface area (Å²) in [5.74, 6) is 1.10. The molecule has 0 unspecified atom stereocenters. The number of hydrogen-bond acceptors (Lipinski definition) is 2. The van der Waals surface area contributed by atoms with Crippen molar-refractivity contribution in [2.45, 2.75) is 18.4 Å². The van der Waals surface area contributed by atoms with Crippen molar-refractivity contribution >= 4 is 28.4 Å². The molecular weight excluding hydrogens is 206 g/mol. The summed E-state index contributed by atoms with van der Waals surface area (Å²) in [5, 5.41) is 2.36. The van der Waals surface area contributed by atoms with Crippen LogP contribution in [-0.2, 0) is 4.79 Å². The lowest BCUT2D eigenvalue weighted by atomic mass is 10.3. The summed E-state index contributed by atoms with van der Waals surface area (Å²) >= 11 is 1.70. The smallest absolute Gasteiger partial charge is 0.130 e. The third-order valence-corrected chi connectivity index (χ3v) is 3.16. The first kappa shape index (κ1) is 10.3. The number of Topliss-reactive ketones (excluding diaryl/α,β-unsaturated/α-hetero) is 1. The summed E-state index contributed by atoms with van der Waals surface area (Å²) in [4.78, 5) is 14.1. The summed E-state index contributed by atoms with van der Waals surface area (Å²) in [6.45, 7) is 1.63. The predicted molar refractivity (Wildman–Crippen MR) is 64.3 cm³/mol. The number of carbonyl (C=O) groups is 1. The largest absolute Gasteiger partial charge is 0.350 e. The number of rotatable bonds is 4. The normalized spacial score (nSPS) is 10.7. The van der Waals surface area contributed by atoms with Gasteiger partial charge in [0.05, 0.1) is 5.03 Å². The Morgan fingerprint density at radius 3 is 2.93 bits per heavy atom. The second kappa shape index (κ2) is 4.53. The number of fused-ring (bicyclic) bond motifs is 1. The Balaban J connectivity index is 2.05. The summed E-state index contributed by atoms with van der Waals surface area (Å²) in [6, 6.07) is 10.3. The molecule has 2 rings (SSSR count). The highest BCUT2D eigenvalue weighted by Gasteiger charge is 2.01. The fourth-order valence-corrected chi connectivity index (χ4v) is 2.43. The maximum atomic E-state index is 10.8. The van der Waals surface area contributed by atoms with Gasteiger partial charge in [-0.3, -0.25) is 4.79 Å². The maximum absolute atomic E-state index is 10.8.